The van der Waals surface area contributed by atoms with Crippen LogP contribution in [0, 0.1) is 6.92 Å². The van der Waals surface area contributed by atoms with Gasteiger partial charge >= 0.3 is 0 Å². The van der Waals surface area contributed by atoms with Crippen LogP contribution >= 0.6 is 0 Å². The Kier molecular flexibility index (Phi) is 12.2. The largest absolute Gasteiger partial charge is 0.310 e. The molecule has 2 aromatic heterocycles. The van der Waals surface area contributed by atoms with Gasteiger partial charge in [0.15, 0.2) is 0 Å². The number of hydrogen-bond acceptors (Lipinski definition) is 1. The maximum atomic E-state index is 2.47. The minimum Gasteiger partial charge on any atom is -0.310 e. The Morgan fingerprint density at radius 2 is 0.645 bits per heavy atom. The van der Waals surface area contributed by atoms with Gasteiger partial charge in [-0.05, 0) is 130 Å². The van der Waals surface area contributed by atoms with Crippen LogP contribution in [0.2, 0.25) is 0 Å². The highest BCUT2D eigenvalue weighted by atomic mass is 15.1. The maximum absolute atomic E-state index is 2.47. The van der Waals surface area contributed by atoms with Crippen molar-refractivity contribution < 1.29 is 0 Å². The Morgan fingerprint density at radius 1 is 0.250 bits per heavy atom. The topological polar surface area (TPSA) is 13.1 Å². The Balaban J connectivity index is 0.000000734. The van der Waals surface area contributed by atoms with E-state index in [0.717, 1.165) is 39.6 Å². The molecule has 12 aromatic carbocycles. The Labute approximate surface area is 444 Å². The molecule has 0 radical (unpaired) electrons. The normalized spacial score (nSPS) is 11.2. The number of aryl methyl sites for hydroxylation is 1. The van der Waals surface area contributed by atoms with Crippen molar-refractivity contribution in [3.8, 4) is 55.9 Å². The molecule has 0 saturated heterocycles. The molecule has 0 saturated carbocycles. The van der Waals surface area contributed by atoms with E-state index in [0.29, 0.717) is 0 Å². The van der Waals surface area contributed by atoms with Crippen molar-refractivity contribution in [2.24, 2.45) is 0 Å². The number of benzene rings is 12. The Morgan fingerprint density at radius 3 is 1.14 bits per heavy atom. The van der Waals surface area contributed by atoms with Crippen LogP contribution in [0.15, 0.2) is 303 Å². The molecule has 14 aromatic rings. The molecule has 0 unspecified atom stereocenters. The highest BCUT2D eigenvalue weighted by Crippen LogP contribution is 2.43. The highest BCUT2D eigenvalue weighted by Gasteiger charge is 2.21. The third-order valence-electron chi connectivity index (χ3n) is 14.7. The fourth-order valence-corrected chi connectivity index (χ4v) is 11.0. The van der Waals surface area contributed by atoms with Gasteiger partial charge in [0.1, 0.15) is 0 Å². The van der Waals surface area contributed by atoms with E-state index >= 15 is 0 Å². The Hall–Kier alpha value is -9.96. The molecule has 2 heterocycles. The smallest absolute Gasteiger partial charge is 0.0641 e. The SMILES string of the molecule is Cc1ccccc1.c1ccc(-c2ccc(N(c3ccc(-c4ccc(-n5c6ccccc6c6ccc7c(c8ccccc8n7-c7ccc(-c8ccccc8)cc7)c65)cc4)cc3)c3cccc(-c4ccccc4)c3)cc2)cc1. The minimum absolute atomic E-state index is 1.09. The molecule has 360 valence electrons. The second kappa shape index (κ2) is 20.2. The maximum Gasteiger partial charge on any atom is 0.0641 e. The van der Waals surface area contributed by atoms with Crippen molar-refractivity contribution in [2.75, 3.05) is 4.90 Å². The van der Waals surface area contributed by atoms with Crippen molar-refractivity contribution in [2.45, 2.75) is 6.92 Å². The zero-order valence-corrected chi connectivity index (χ0v) is 42.2. The Bertz CT molecular complexity index is 4270. The fraction of sp³-hybridized carbons (Fsp3) is 0.0137. The van der Waals surface area contributed by atoms with Gasteiger partial charge in [-0.25, -0.2) is 0 Å². The second-order valence-electron chi connectivity index (χ2n) is 19.4. The fourth-order valence-electron chi connectivity index (χ4n) is 11.0. The van der Waals surface area contributed by atoms with Crippen LogP contribution in [0.25, 0.3) is 99.5 Å². The number of fused-ring (bicyclic) bond motifs is 7. The molecule has 0 bridgehead atoms. The third-order valence-corrected chi connectivity index (χ3v) is 14.7. The summed E-state index contributed by atoms with van der Waals surface area (Å²) >= 11 is 0. The minimum atomic E-state index is 1.09. The monoisotopic (exact) mass is 971 g/mol. The summed E-state index contributed by atoms with van der Waals surface area (Å²) in [4.78, 5) is 2.36. The zero-order chi connectivity index (χ0) is 50.8. The summed E-state index contributed by atoms with van der Waals surface area (Å²) in [6.07, 6.45) is 0. The van der Waals surface area contributed by atoms with Gasteiger partial charge in [-0.3, -0.25) is 0 Å². The standard InChI is InChI=1S/C66H45N3.C7H8/c1-4-15-46(16-5-1)49-27-35-54(36-28-49)67(58-22-14-21-53(45-58)48-19-8-3-9-20-48)55-37-29-51(30-38-55)52-33-41-57(42-34-52)69-62-25-12-10-23-59(62)60-43-44-64-65(66(60)69)61-24-11-13-26-63(61)68(64)56-39-31-50(32-40-56)47-17-6-2-7-18-47;1-7-5-3-2-4-6-7/h1-45H;2-6H,1H3. The zero-order valence-electron chi connectivity index (χ0n) is 42.2. The lowest BCUT2D eigenvalue weighted by Crippen LogP contribution is -2.10. The lowest BCUT2D eigenvalue weighted by molar-refractivity contribution is 1.17. The van der Waals surface area contributed by atoms with Crippen LogP contribution in [0.3, 0.4) is 0 Å². The van der Waals surface area contributed by atoms with Gasteiger partial charge in [0.05, 0.1) is 22.1 Å². The number of hydrogen-bond donors (Lipinski definition) is 0. The van der Waals surface area contributed by atoms with E-state index < -0.39 is 0 Å². The molecule has 76 heavy (non-hydrogen) atoms. The molecule has 0 aliphatic heterocycles. The van der Waals surface area contributed by atoms with E-state index in [9.17, 15) is 0 Å². The van der Waals surface area contributed by atoms with Crippen molar-refractivity contribution in [3.63, 3.8) is 0 Å². The first-order chi connectivity index (χ1) is 37.6. The molecule has 3 heteroatoms. The predicted octanol–water partition coefficient (Wildman–Crippen LogP) is 20.0. The molecule has 0 spiro atoms. The number of aromatic nitrogens is 2. The van der Waals surface area contributed by atoms with Crippen LogP contribution < -0.4 is 4.90 Å². The van der Waals surface area contributed by atoms with Gasteiger partial charge in [0.2, 0.25) is 0 Å². The van der Waals surface area contributed by atoms with Gasteiger partial charge in [0.25, 0.3) is 0 Å². The van der Waals surface area contributed by atoms with Gasteiger partial charge in [-0.15, -0.1) is 0 Å². The quantitative estimate of drug-likeness (QED) is 0.140. The summed E-state index contributed by atoms with van der Waals surface area (Å²) in [6.45, 7) is 2.08. The van der Waals surface area contributed by atoms with Crippen LogP contribution in [-0.4, -0.2) is 9.13 Å². The summed E-state index contributed by atoms with van der Waals surface area (Å²) in [5.41, 5.74) is 21.2. The van der Waals surface area contributed by atoms with Gasteiger partial charge < -0.3 is 14.0 Å². The van der Waals surface area contributed by atoms with Crippen molar-refractivity contribution in [3.05, 3.63) is 309 Å². The summed E-state index contributed by atoms with van der Waals surface area (Å²) in [6, 6.07) is 109. The lowest BCUT2D eigenvalue weighted by Gasteiger charge is -2.26. The number of rotatable bonds is 9. The molecule has 0 aliphatic carbocycles. The van der Waals surface area contributed by atoms with Gasteiger partial charge in [-0.1, -0.05) is 230 Å². The molecule has 0 atom stereocenters. The van der Waals surface area contributed by atoms with E-state index in [1.165, 1.54) is 82.6 Å². The molecule has 14 rings (SSSR count). The molecule has 3 nitrogen and oxygen atoms in total. The number of anilines is 3. The first kappa shape index (κ1) is 45.9. The average Bonchev–Trinajstić information content (AvgIpc) is 4.05. The van der Waals surface area contributed by atoms with Gasteiger partial charge in [0, 0.05) is 50.0 Å². The van der Waals surface area contributed by atoms with Crippen LogP contribution in [0.5, 0.6) is 0 Å². The van der Waals surface area contributed by atoms with E-state index in [1.807, 2.05) is 18.2 Å². The molecule has 0 fully saturated rings. The summed E-state index contributed by atoms with van der Waals surface area (Å²) < 4.78 is 4.90. The van der Waals surface area contributed by atoms with Crippen LogP contribution in [-0.2, 0) is 0 Å². The molecule has 0 aliphatic rings. The summed E-state index contributed by atoms with van der Waals surface area (Å²) in [5, 5.41) is 4.97. The second-order valence-corrected chi connectivity index (χ2v) is 19.4. The highest BCUT2D eigenvalue weighted by molar-refractivity contribution is 6.26. The molecule has 0 amide bonds. The lowest BCUT2D eigenvalue weighted by atomic mass is 10.0. The van der Waals surface area contributed by atoms with E-state index in [1.54, 1.807) is 0 Å². The predicted molar refractivity (Wildman–Crippen MR) is 323 cm³/mol. The summed E-state index contributed by atoms with van der Waals surface area (Å²) in [5.74, 6) is 0. The van der Waals surface area contributed by atoms with Crippen LogP contribution in [0.4, 0.5) is 17.1 Å². The average molecular weight is 972 g/mol. The molecule has 0 N–H and O–H groups in total. The number of para-hydroxylation sites is 2. The van der Waals surface area contributed by atoms with Gasteiger partial charge in [-0.2, -0.15) is 0 Å². The molecular weight excluding hydrogens is 919 g/mol. The third kappa shape index (κ3) is 8.70. The summed E-state index contributed by atoms with van der Waals surface area (Å²) in [7, 11) is 0. The van der Waals surface area contributed by atoms with Crippen LogP contribution in [0.1, 0.15) is 5.56 Å². The number of nitrogens with zero attached hydrogens (tertiary/aromatic N) is 3. The first-order valence-electron chi connectivity index (χ1n) is 26.1. The van der Waals surface area contributed by atoms with Crippen molar-refractivity contribution in [1.29, 1.82) is 0 Å². The molecular formula is C73H53N3. The van der Waals surface area contributed by atoms with E-state index in [2.05, 4.69) is 306 Å². The van der Waals surface area contributed by atoms with E-state index in [4.69, 9.17) is 0 Å². The van der Waals surface area contributed by atoms with Crippen molar-refractivity contribution in [1.82, 2.24) is 9.13 Å². The first-order valence-corrected chi connectivity index (χ1v) is 26.1. The van der Waals surface area contributed by atoms with Crippen molar-refractivity contribution >= 4 is 60.7 Å². The van der Waals surface area contributed by atoms with E-state index in [-0.39, 0.29) is 0 Å².